The summed E-state index contributed by atoms with van der Waals surface area (Å²) >= 11 is 0. The lowest BCUT2D eigenvalue weighted by Crippen LogP contribution is -2.09. The fraction of sp³-hybridized carbons (Fsp3) is 0.0714. The number of hydrogen-bond acceptors (Lipinski definition) is 5. The molecule has 5 nitrogen and oxygen atoms in total. The van der Waals surface area contributed by atoms with Crippen LogP contribution in [0.5, 0.6) is 5.75 Å². The Labute approximate surface area is 116 Å². The van der Waals surface area contributed by atoms with Crippen molar-refractivity contribution >= 4 is 21.9 Å². The fourth-order valence-electron chi connectivity index (χ4n) is 1.54. The van der Waals surface area contributed by atoms with Crippen LogP contribution in [0.2, 0.25) is 0 Å². The predicted octanol–water partition coefficient (Wildman–Crippen LogP) is 2.73. The van der Waals surface area contributed by atoms with Crippen molar-refractivity contribution in [2.75, 3.05) is 0 Å². The summed E-state index contributed by atoms with van der Waals surface area (Å²) in [4.78, 5) is 13.7. The number of benzene rings is 2. The second-order valence-electron chi connectivity index (χ2n) is 4.02. The number of hydrogen-bond donors (Lipinski definition) is 0. The van der Waals surface area contributed by atoms with Crippen LogP contribution in [-0.4, -0.2) is 14.5 Å². The monoisotopic (exact) mass is 289 g/mol. The molecule has 0 spiro atoms. The van der Waals surface area contributed by atoms with E-state index in [0.29, 0.717) is 0 Å². The van der Waals surface area contributed by atoms with Crippen molar-refractivity contribution in [3.63, 3.8) is 0 Å². The molecule has 0 aliphatic heterocycles. The molecule has 2 rings (SSSR count). The number of carbonyl (C=O) groups excluding carboxylic acids is 1. The minimum atomic E-state index is -3.96. The molecule has 0 aliphatic rings. The quantitative estimate of drug-likeness (QED) is 0.493. The first-order valence-electron chi connectivity index (χ1n) is 5.71. The fourth-order valence-corrected chi connectivity index (χ4v) is 2.48. The summed E-state index contributed by atoms with van der Waals surface area (Å²) in [5.41, 5.74) is 1.05. The van der Waals surface area contributed by atoms with Gasteiger partial charge in [-0.05, 0) is 31.2 Å². The van der Waals surface area contributed by atoms with Gasteiger partial charge in [-0.25, -0.2) is 4.79 Å². The van der Waals surface area contributed by atoms with E-state index in [-0.39, 0.29) is 16.3 Å². The maximum absolute atomic E-state index is 12.1. The summed E-state index contributed by atoms with van der Waals surface area (Å²) in [7, 11) is -3.96. The zero-order valence-corrected chi connectivity index (χ0v) is 11.4. The molecule has 0 aromatic heterocycles. The van der Waals surface area contributed by atoms with Gasteiger partial charge in [0.05, 0.1) is 0 Å². The Balaban J connectivity index is 2.38. The average Bonchev–Trinajstić information content (AvgIpc) is 2.41. The zero-order valence-electron chi connectivity index (χ0n) is 10.6. The second-order valence-corrected chi connectivity index (χ2v) is 5.57. The zero-order chi connectivity index (χ0) is 14.6. The van der Waals surface area contributed by atoms with Crippen LogP contribution in [0.1, 0.15) is 5.56 Å². The van der Waals surface area contributed by atoms with Crippen LogP contribution in [0, 0.1) is 6.92 Å². The molecule has 0 amide bonds. The SMILES string of the molecule is Cc1ccc(S(=O)(=O)Oc2ccccc2N=C=O)cc1. The molecular weight excluding hydrogens is 278 g/mol. The van der Waals surface area contributed by atoms with Crippen LogP contribution in [0.25, 0.3) is 0 Å². The molecular formula is C14H11NO4S. The lowest BCUT2D eigenvalue weighted by Gasteiger charge is -2.08. The van der Waals surface area contributed by atoms with Crippen molar-refractivity contribution in [2.45, 2.75) is 11.8 Å². The van der Waals surface area contributed by atoms with E-state index in [0.717, 1.165) is 5.56 Å². The van der Waals surface area contributed by atoms with Crippen molar-refractivity contribution in [2.24, 2.45) is 4.99 Å². The Morgan fingerprint density at radius 1 is 1.05 bits per heavy atom. The van der Waals surface area contributed by atoms with Crippen molar-refractivity contribution in [3.05, 3.63) is 54.1 Å². The molecule has 0 N–H and O–H groups in total. The van der Waals surface area contributed by atoms with Crippen molar-refractivity contribution < 1.29 is 17.4 Å². The van der Waals surface area contributed by atoms with Gasteiger partial charge in [0.15, 0.2) is 5.75 Å². The van der Waals surface area contributed by atoms with E-state index in [1.165, 1.54) is 30.3 Å². The van der Waals surface area contributed by atoms with Gasteiger partial charge in [-0.1, -0.05) is 29.8 Å². The van der Waals surface area contributed by atoms with E-state index in [9.17, 15) is 13.2 Å². The van der Waals surface area contributed by atoms with E-state index in [1.54, 1.807) is 24.3 Å². The van der Waals surface area contributed by atoms with Crippen LogP contribution in [0.3, 0.4) is 0 Å². The molecule has 0 radical (unpaired) electrons. The molecule has 0 saturated heterocycles. The topological polar surface area (TPSA) is 72.8 Å². The smallest absolute Gasteiger partial charge is 0.339 e. The molecule has 20 heavy (non-hydrogen) atoms. The van der Waals surface area contributed by atoms with Gasteiger partial charge in [-0.15, -0.1) is 0 Å². The Morgan fingerprint density at radius 2 is 1.70 bits per heavy atom. The maximum Gasteiger partial charge on any atom is 0.339 e. The predicted molar refractivity (Wildman–Crippen MR) is 73.2 cm³/mol. The second kappa shape index (κ2) is 5.69. The molecule has 0 aliphatic carbocycles. The van der Waals surface area contributed by atoms with E-state index in [4.69, 9.17) is 4.18 Å². The van der Waals surface area contributed by atoms with E-state index < -0.39 is 10.1 Å². The molecule has 0 heterocycles. The molecule has 0 unspecified atom stereocenters. The van der Waals surface area contributed by atoms with Crippen LogP contribution < -0.4 is 4.18 Å². The highest BCUT2D eigenvalue weighted by molar-refractivity contribution is 7.87. The maximum atomic E-state index is 12.1. The number of aryl methyl sites for hydroxylation is 1. The van der Waals surface area contributed by atoms with Crippen molar-refractivity contribution in [1.29, 1.82) is 0 Å². The molecule has 0 saturated carbocycles. The first-order valence-corrected chi connectivity index (χ1v) is 7.12. The minimum Gasteiger partial charge on any atom is -0.377 e. The van der Waals surface area contributed by atoms with Gasteiger partial charge < -0.3 is 4.18 Å². The first kappa shape index (κ1) is 14.0. The molecule has 6 heteroatoms. The Morgan fingerprint density at radius 3 is 2.35 bits per heavy atom. The van der Waals surface area contributed by atoms with E-state index >= 15 is 0 Å². The number of rotatable bonds is 4. The van der Waals surface area contributed by atoms with Gasteiger partial charge in [0.1, 0.15) is 10.6 Å². The summed E-state index contributed by atoms with van der Waals surface area (Å²) < 4.78 is 29.2. The van der Waals surface area contributed by atoms with Crippen LogP contribution >= 0.6 is 0 Å². The first-order chi connectivity index (χ1) is 9.53. The third-order valence-corrected chi connectivity index (χ3v) is 3.79. The van der Waals surface area contributed by atoms with Crippen molar-refractivity contribution in [3.8, 4) is 5.75 Å². The van der Waals surface area contributed by atoms with Crippen molar-refractivity contribution in [1.82, 2.24) is 0 Å². The Kier molecular flexibility index (Phi) is 3.98. The molecule has 2 aromatic rings. The normalized spacial score (nSPS) is 10.7. The molecule has 0 bridgehead atoms. The number of aliphatic imine (C=N–C) groups is 1. The summed E-state index contributed by atoms with van der Waals surface area (Å²) in [6.07, 6.45) is 1.36. The van der Waals surface area contributed by atoms with E-state index in [2.05, 4.69) is 4.99 Å². The summed E-state index contributed by atoms with van der Waals surface area (Å²) in [5, 5.41) is 0. The number of nitrogens with zero attached hydrogens (tertiary/aromatic N) is 1. The Bertz CT molecular complexity index is 760. The molecule has 102 valence electrons. The summed E-state index contributed by atoms with van der Waals surface area (Å²) in [6.45, 7) is 1.85. The minimum absolute atomic E-state index is 0.0172. The third-order valence-electron chi connectivity index (χ3n) is 2.54. The lowest BCUT2D eigenvalue weighted by atomic mass is 10.2. The number of isocyanates is 1. The third kappa shape index (κ3) is 3.12. The van der Waals surface area contributed by atoms with Gasteiger partial charge in [0.2, 0.25) is 6.08 Å². The highest BCUT2D eigenvalue weighted by Gasteiger charge is 2.18. The highest BCUT2D eigenvalue weighted by atomic mass is 32.2. The molecule has 0 atom stereocenters. The summed E-state index contributed by atoms with van der Waals surface area (Å²) in [6, 6.07) is 12.3. The van der Waals surface area contributed by atoms with Crippen LogP contribution in [0.15, 0.2) is 58.4 Å². The largest absolute Gasteiger partial charge is 0.377 e. The van der Waals surface area contributed by atoms with Gasteiger partial charge in [-0.3, -0.25) is 0 Å². The van der Waals surface area contributed by atoms with Gasteiger partial charge in [-0.2, -0.15) is 13.4 Å². The standard InChI is InChI=1S/C14H11NO4S/c1-11-6-8-12(9-7-11)20(17,18)19-14-5-3-2-4-13(14)15-10-16/h2-9H,1H3. The molecule has 2 aromatic carbocycles. The Hall–Kier alpha value is -2.43. The number of para-hydroxylation sites is 2. The average molecular weight is 289 g/mol. The van der Waals surface area contributed by atoms with E-state index in [1.807, 2.05) is 6.92 Å². The summed E-state index contributed by atoms with van der Waals surface area (Å²) in [5.74, 6) is -0.0172. The highest BCUT2D eigenvalue weighted by Crippen LogP contribution is 2.29. The lowest BCUT2D eigenvalue weighted by molar-refractivity contribution is 0.486. The van der Waals surface area contributed by atoms with Gasteiger partial charge in [0, 0.05) is 0 Å². The van der Waals surface area contributed by atoms with Gasteiger partial charge in [0.25, 0.3) is 0 Å². The van der Waals surface area contributed by atoms with Crippen LogP contribution in [0.4, 0.5) is 5.69 Å². The molecule has 0 fully saturated rings. The van der Waals surface area contributed by atoms with Crippen LogP contribution in [-0.2, 0) is 14.9 Å². The van der Waals surface area contributed by atoms with Gasteiger partial charge >= 0.3 is 10.1 Å².